The van der Waals surface area contributed by atoms with E-state index in [1.54, 1.807) is 17.8 Å². The van der Waals surface area contributed by atoms with Crippen molar-refractivity contribution in [3.8, 4) is 0 Å². The van der Waals surface area contributed by atoms with Gasteiger partial charge < -0.3 is 5.32 Å². The van der Waals surface area contributed by atoms with Crippen LogP contribution in [0.2, 0.25) is 0 Å². The summed E-state index contributed by atoms with van der Waals surface area (Å²) >= 11 is 5.12. The van der Waals surface area contributed by atoms with Crippen molar-refractivity contribution in [2.75, 3.05) is 11.6 Å². The minimum absolute atomic E-state index is 0.215. The molecule has 0 amide bonds. The van der Waals surface area contributed by atoms with Gasteiger partial charge in [0.05, 0.1) is 0 Å². The zero-order valence-corrected chi connectivity index (χ0v) is 12.3. The molecular formula is C14H13BrFNS. The zero-order chi connectivity index (χ0) is 13.0. The second-order valence-corrected chi connectivity index (χ2v) is 5.56. The predicted molar refractivity (Wildman–Crippen MR) is 79.6 cm³/mol. The van der Waals surface area contributed by atoms with Crippen molar-refractivity contribution < 1.29 is 4.39 Å². The highest BCUT2D eigenvalue weighted by Crippen LogP contribution is 2.22. The van der Waals surface area contributed by atoms with Crippen molar-refractivity contribution in [3.63, 3.8) is 0 Å². The molecule has 0 heterocycles. The van der Waals surface area contributed by atoms with Crippen LogP contribution in [0.1, 0.15) is 5.56 Å². The van der Waals surface area contributed by atoms with Crippen LogP contribution in [0, 0.1) is 5.82 Å². The Morgan fingerprint density at radius 2 is 2.06 bits per heavy atom. The monoisotopic (exact) mass is 325 g/mol. The number of thioether (sulfide) groups is 1. The third-order valence-electron chi connectivity index (χ3n) is 2.56. The van der Waals surface area contributed by atoms with Crippen LogP contribution < -0.4 is 5.32 Å². The molecule has 0 aliphatic carbocycles. The molecule has 2 rings (SSSR count). The Hall–Kier alpha value is -1.000. The molecule has 1 N–H and O–H groups in total. The van der Waals surface area contributed by atoms with Crippen molar-refractivity contribution in [1.82, 2.24) is 0 Å². The molecule has 18 heavy (non-hydrogen) atoms. The fourth-order valence-corrected chi connectivity index (χ4v) is 2.46. The van der Waals surface area contributed by atoms with Crippen LogP contribution in [-0.2, 0) is 6.54 Å². The number of nitrogens with one attached hydrogen (secondary N) is 1. The zero-order valence-electron chi connectivity index (χ0n) is 9.91. The van der Waals surface area contributed by atoms with Crippen molar-refractivity contribution >= 4 is 33.4 Å². The Morgan fingerprint density at radius 3 is 2.83 bits per heavy atom. The highest BCUT2D eigenvalue weighted by Gasteiger charge is 2.02. The maximum atomic E-state index is 13.1. The van der Waals surface area contributed by atoms with E-state index in [9.17, 15) is 4.39 Å². The second-order valence-electron chi connectivity index (χ2n) is 3.82. The molecule has 0 radical (unpaired) electrons. The van der Waals surface area contributed by atoms with E-state index in [-0.39, 0.29) is 5.82 Å². The summed E-state index contributed by atoms with van der Waals surface area (Å²) in [6.07, 6.45) is 2.04. The summed E-state index contributed by atoms with van der Waals surface area (Å²) in [7, 11) is 0. The number of hydrogen-bond donors (Lipinski definition) is 1. The predicted octanol–water partition coefficient (Wildman–Crippen LogP) is 4.92. The average Bonchev–Trinajstić information content (AvgIpc) is 2.40. The molecule has 0 saturated heterocycles. The maximum Gasteiger partial charge on any atom is 0.123 e. The summed E-state index contributed by atoms with van der Waals surface area (Å²) in [5, 5.41) is 3.29. The molecule has 1 nitrogen and oxygen atoms in total. The van der Waals surface area contributed by atoms with Gasteiger partial charge >= 0.3 is 0 Å². The second kappa shape index (κ2) is 6.25. The Balaban J connectivity index is 2.08. The van der Waals surface area contributed by atoms with Gasteiger partial charge in [0.1, 0.15) is 5.82 Å². The molecule has 0 aliphatic rings. The first kappa shape index (κ1) is 13.4. The third-order valence-corrected chi connectivity index (χ3v) is 4.06. The van der Waals surface area contributed by atoms with Gasteiger partial charge in [0.15, 0.2) is 0 Å². The Labute approximate surface area is 119 Å². The molecule has 0 saturated carbocycles. The van der Waals surface area contributed by atoms with Gasteiger partial charge in [0.25, 0.3) is 0 Å². The highest BCUT2D eigenvalue weighted by atomic mass is 79.9. The van der Waals surface area contributed by atoms with Gasteiger partial charge in [0.2, 0.25) is 0 Å². The highest BCUT2D eigenvalue weighted by molar-refractivity contribution is 9.10. The topological polar surface area (TPSA) is 12.0 Å². The number of rotatable bonds is 4. The lowest BCUT2D eigenvalue weighted by molar-refractivity contribution is 0.625. The smallest absolute Gasteiger partial charge is 0.123 e. The average molecular weight is 326 g/mol. The Morgan fingerprint density at radius 1 is 1.22 bits per heavy atom. The lowest BCUT2D eigenvalue weighted by Gasteiger charge is -2.09. The van der Waals surface area contributed by atoms with E-state index in [2.05, 4.69) is 33.4 Å². The molecule has 2 aromatic rings. The summed E-state index contributed by atoms with van der Waals surface area (Å²) < 4.78 is 14.1. The molecule has 0 aliphatic heterocycles. The van der Waals surface area contributed by atoms with E-state index in [4.69, 9.17) is 0 Å². The van der Waals surface area contributed by atoms with Crippen LogP contribution in [0.5, 0.6) is 0 Å². The third kappa shape index (κ3) is 3.50. The van der Waals surface area contributed by atoms with Gasteiger partial charge in [0, 0.05) is 21.6 Å². The summed E-state index contributed by atoms with van der Waals surface area (Å²) in [6, 6.07) is 12.9. The molecule has 2 aromatic carbocycles. The minimum Gasteiger partial charge on any atom is -0.381 e. The van der Waals surface area contributed by atoms with Gasteiger partial charge in [-0.1, -0.05) is 22.0 Å². The van der Waals surface area contributed by atoms with Crippen LogP contribution >= 0.6 is 27.7 Å². The fraction of sp³-hybridized carbons (Fsp3) is 0.143. The first-order valence-electron chi connectivity index (χ1n) is 5.51. The van der Waals surface area contributed by atoms with Crippen molar-refractivity contribution in [3.05, 3.63) is 58.3 Å². The van der Waals surface area contributed by atoms with E-state index >= 15 is 0 Å². The quantitative estimate of drug-likeness (QED) is 0.800. The van der Waals surface area contributed by atoms with Crippen LogP contribution in [0.4, 0.5) is 10.1 Å². The van der Waals surface area contributed by atoms with Gasteiger partial charge in [-0.25, -0.2) is 4.39 Å². The molecule has 0 bridgehead atoms. The number of hydrogen-bond acceptors (Lipinski definition) is 2. The van der Waals surface area contributed by atoms with E-state index in [0.717, 1.165) is 15.7 Å². The molecule has 94 valence electrons. The van der Waals surface area contributed by atoms with Crippen LogP contribution in [0.15, 0.2) is 51.8 Å². The molecule has 4 heteroatoms. The van der Waals surface area contributed by atoms with Gasteiger partial charge in [-0.2, -0.15) is 0 Å². The Kier molecular flexibility index (Phi) is 4.66. The number of anilines is 1. The molecular weight excluding hydrogens is 313 g/mol. The van der Waals surface area contributed by atoms with Crippen molar-refractivity contribution in [1.29, 1.82) is 0 Å². The van der Waals surface area contributed by atoms with E-state index < -0.39 is 0 Å². The summed E-state index contributed by atoms with van der Waals surface area (Å²) in [5.41, 5.74) is 1.95. The van der Waals surface area contributed by atoms with E-state index in [1.165, 1.54) is 17.0 Å². The molecule has 0 spiro atoms. The molecule has 0 fully saturated rings. The lowest BCUT2D eigenvalue weighted by Crippen LogP contribution is -2.00. The first-order chi connectivity index (χ1) is 8.69. The fourth-order valence-electron chi connectivity index (χ4n) is 1.61. The molecule has 0 atom stereocenters. The van der Waals surface area contributed by atoms with Crippen LogP contribution in [0.3, 0.4) is 0 Å². The number of benzene rings is 2. The van der Waals surface area contributed by atoms with Crippen LogP contribution in [0.25, 0.3) is 0 Å². The molecule has 0 unspecified atom stereocenters. The van der Waals surface area contributed by atoms with Crippen molar-refractivity contribution in [2.24, 2.45) is 0 Å². The first-order valence-corrected chi connectivity index (χ1v) is 7.52. The van der Waals surface area contributed by atoms with E-state index in [1.807, 2.05) is 18.4 Å². The van der Waals surface area contributed by atoms with E-state index in [0.29, 0.717) is 6.54 Å². The van der Waals surface area contributed by atoms with Gasteiger partial charge in [-0.05, 0) is 48.2 Å². The standard InChI is InChI=1S/C14H13BrFNS/c1-18-13-4-2-3-12(8-13)17-9-10-7-11(16)5-6-14(10)15/h2-8,17H,9H2,1H3. The maximum absolute atomic E-state index is 13.1. The van der Waals surface area contributed by atoms with Gasteiger partial charge in [-0.3, -0.25) is 0 Å². The van der Waals surface area contributed by atoms with Crippen LogP contribution in [-0.4, -0.2) is 6.26 Å². The van der Waals surface area contributed by atoms with Crippen molar-refractivity contribution in [2.45, 2.75) is 11.4 Å². The number of halogens is 2. The minimum atomic E-state index is -0.215. The summed E-state index contributed by atoms with van der Waals surface area (Å²) in [5.74, 6) is -0.215. The van der Waals surface area contributed by atoms with Gasteiger partial charge in [-0.15, -0.1) is 11.8 Å². The summed E-state index contributed by atoms with van der Waals surface area (Å²) in [6.45, 7) is 0.593. The SMILES string of the molecule is CSc1cccc(NCc2cc(F)ccc2Br)c1. The summed E-state index contributed by atoms with van der Waals surface area (Å²) in [4.78, 5) is 1.21. The molecule has 0 aromatic heterocycles. The normalized spacial score (nSPS) is 10.4. The lowest BCUT2D eigenvalue weighted by atomic mass is 10.2. The Bertz CT molecular complexity index is 545. The largest absolute Gasteiger partial charge is 0.381 e.